The Morgan fingerprint density at radius 2 is 1.72 bits per heavy atom. The Balaban J connectivity index is 1.68. The average molecular weight is 376 g/mol. The highest BCUT2D eigenvalue weighted by atomic mass is 35.5. The van der Waals surface area contributed by atoms with E-state index >= 15 is 0 Å². The highest BCUT2D eigenvalue weighted by molar-refractivity contribution is 6.38. The Kier molecular flexibility index (Phi) is 4.97. The molecule has 3 aromatic rings. The summed E-state index contributed by atoms with van der Waals surface area (Å²) in [6.45, 7) is -0.167. The molecule has 25 heavy (non-hydrogen) atoms. The van der Waals surface area contributed by atoms with Crippen LogP contribution in [0.5, 0.6) is 0 Å². The molecule has 0 bridgehead atoms. The molecule has 7 heteroatoms. The van der Waals surface area contributed by atoms with E-state index in [1.54, 1.807) is 35.9 Å². The van der Waals surface area contributed by atoms with E-state index in [4.69, 9.17) is 23.2 Å². The third-order valence-electron chi connectivity index (χ3n) is 3.80. The maximum Gasteiger partial charge on any atom is 0.269 e. The Bertz CT molecular complexity index is 910. The Labute approximate surface area is 154 Å². The molecule has 0 aliphatic carbocycles. The summed E-state index contributed by atoms with van der Waals surface area (Å²) in [6.07, 6.45) is 0. The lowest BCUT2D eigenvalue weighted by molar-refractivity contribution is -0.115. The van der Waals surface area contributed by atoms with Crippen LogP contribution in [0.3, 0.4) is 0 Å². The summed E-state index contributed by atoms with van der Waals surface area (Å²) < 4.78 is 1.71. The molecule has 0 aliphatic heterocycles. The zero-order chi connectivity index (χ0) is 18.0. The number of amides is 2. The molecule has 0 unspecified atom stereocenters. The molecule has 0 atom stereocenters. The second kappa shape index (κ2) is 7.17. The number of carbonyl (C=O) groups excluding carboxylic acids is 2. The van der Waals surface area contributed by atoms with E-state index in [1.165, 1.54) is 0 Å². The molecule has 2 aromatic carbocycles. The van der Waals surface area contributed by atoms with Gasteiger partial charge in [0.05, 0.1) is 11.6 Å². The minimum atomic E-state index is -0.407. The van der Waals surface area contributed by atoms with Gasteiger partial charge in [0.15, 0.2) is 0 Å². The molecule has 2 N–H and O–H groups in total. The first-order chi connectivity index (χ1) is 12.0. The number of rotatable bonds is 4. The molecule has 0 saturated heterocycles. The van der Waals surface area contributed by atoms with Crippen LogP contribution < -0.4 is 10.6 Å². The number of carbonyl (C=O) groups is 2. The van der Waals surface area contributed by atoms with Gasteiger partial charge in [-0.05, 0) is 30.3 Å². The summed E-state index contributed by atoms with van der Waals surface area (Å²) in [7, 11) is 1.76. The lowest BCUT2D eigenvalue weighted by Crippen LogP contribution is -2.33. The number of benzene rings is 2. The maximum absolute atomic E-state index is 12.4. The van der Waals surface area contributed by atoms with Crippen molar-refractivity contribution in [3.05, 3.63) is 64.3 Å². The predicted octanol–water partition coefficient (Wildman–Crippen LogP) is 3.85. The van der Waals surface area contributed by atoms with Gasteiger partial charge in [-0.3, -0.25) is 9.59 Å². The van der Waals surface area contributed by atoms with Gasteiger partial charge in [-0.2, -0.15) is 0 Å². The van der Waals surface area contributed by atoms with Crippen LogP contribution in [0, 0.1) is 0 Å². The molecular weight excluding hydrogens is 361 g/mol. The Morgan fingerprint density at radius 1 is 1.04 bits per heavy atom. The normalized spacial score (nSPS) is 10.7. The summed E-state index contributed by atoms with van der Waals surface area (Å²) in [5.41, 5.74) is 1.77. The van der Waals surface area contributed by atoms with Gasteiger partial charge in [0.25, 0.3) is 5.91 Å². The van der Waals surface area contributed by atoms with Crippen LogP contribution in [0.15, 0.2) is 48.5 Å². The topological polar surface area (TPSA) is 63.1 Å². The fourth-order valence-electron chi connectivity index (χ4n) is 2.58. The van der Waals surface area contributed by atoms with Gasteiger partial charge in [-0.25, -0.2) is 0 Å². The first-order valence-electron chi connectivity index (χ1n) is 7.54. The summed E-state index contributed by atoms with van der Waals surface area (Å²) in [5, 5.41) is 7.01. The van der Waals surface area contributed by atoms with Gasteiger partial charge in [-0.15, -0.1) is 0 Å². The van der Waals surface area contributed by atoms with Crippen molar-refractivity contribution >= 4 is 51.6 Å². The van der Waals surface area contributed by atoms with E-state index in [1.807, 2.05) is 24.3 Å². The third-order valence-corrected chi connectivity index (χ3v) is 4.43. The van der Waals surface area contributed by atoms with Crippen LogP contribution in [0.2, 0.25) is 10.0 Å². The minimum Gasteiger partial charge on any atom is -0.342 e. The van der Waals surface area contributed by atoms with Crippen molar-refractivity contribution in [2.24, 2.45) is 7.05 Å². The van der Waals surface area contributed by atoms with Crippen molar-refractivity contribution in [1.29, 1.82) is 0 Å². The summed E-state index contributed by atoms with van der Waals surface area (Å²) in [4.78, 5) is 24.4. The molecule has 2 amide bonds. The zero-order valence-electron chi connectivity index (χ0n) is 13.3. The van der Waals surface area contributed by atoms with Crippen molar-refractivity contribution in [3.8, 4) is 0 Å². The monoisotopic (exact) mass is 375 g/mol. The van der Waals surface area contributed by atoms with E-state index in [2.05, 4.69) is 10.6 Å². The average Bonchev–Trinajstić information content (AvgIpc) is 2.86. The Hall–Kier alpha value is -2.50. The number of aromatic nitrogens is 1. The molecule has 5 nitrogen and oxygen atoms in total. The molecule has 1 heterocycles. The van der Waals surface area contributed by atoms with Gasteiger partial charge >= 0.3 is 0 Å². The van der Waals surface area contributed by atoms with Crippen LogP contribution in [-0.4, -0.2) is 22.9 Å². The molecular formula is C18H15Cl2N3O2. The van der Waals surface area contributed by atoms with Crippen LogP contribution in [0.25, 0.3) is 10.9 Å². The number of para-hydroxylation sites is 1. The van der Waals surface area contributed by atoms with E-state index < -0.39 is 5.91 Å². The molecule has 0 aliphatic rings. The molecule has 3 rings (SSSR count). The van der Waals surface area contributed by atoms with E-state index in [-0.39, 0.29) is 12.5 Å². The summed E-state index contributed by atoms with van der Waals surface area (Å²) in [6, 6.07) is 14.2. The standard InChI is InChI=1S/C18H15Cl2N3O2/c1-23-14-5-3-2-4-13(14)16(20)17(23)18(25)21-10-15(24)22-12-8-6-11(19)7-9-12/h2-9H,10H2,1H3,(H,21,25)(H,22,24). The van der Waals surface area contributed by atoms with Gasteiger partial charge in [0.1, 0.15) is 5.69 Å². The quantitative estimate of drug-likeness (QED) is 0.727. The number of nitrogens with zero attached hydrogens (tertiary/aromatic N) is 1. The zero-order valence-corrected chi connectivity index (χ0v) is 14.9. The van der Waals surface area contributed by atoms with Crippen LogP contribution in [0.4, 0.5) is 5.69 Å². The van der Waals surface area contributed by atoms with Crippen molar-refractivity contribution in [2.75, 3.05) is 11.9 Å². The molecule has 128 valence electrons. The van der Waals surface area contributed by atoms with Crippen LogP contribution >= 0.6 is 23.2 Å². The number of fused-ring (bicyclic) bond motifs is 1. The summed E-state index contributed by atoms with van der Waals surface area (Å²) in [5.74, 6) is -0.750. The van der Waals surface area contributed by atoms with Gasteiger partial charge < -0.3 is 15.2 Å². The number of hydrogen-bond donors (Lipinski definition) is 2. The first-order valence-corrected chi connectivity index (χ1v) is 8.29. The smallest absolute Gasteiger partial charge is 0.269 e. The number of nitrogens with one attached hydrogen (secondary N) is 2. The lowest BCUT2D eigenvalue weighted by atomic mass is 10.2. The van der Waals surface area contributed by atoms with Gasteiger partial charge in [0, 0.05) is 28.7 Å². The fourth-order valence-corrected chi connectivity index (χ4v) is 3.08. The fraction of sp³-hybridized carbons (Fsp3) is 0.111. The minimum absolute atomic E-state index is 0.167. The van der Waals surface area contributed by atoms with E-state index in [0.29, 0.717) is 21.4 Å². The highest BCUT2D eigenvalue weighted by Gasteiger charge is 2.20. The largest absolute Gasteiger partial charge is 0.342 e. The summed E-state index contributed by atoms with van der Waals surface area (Å²) >= 11 is 12.1. The predicted molar refractivity (Wildman–Crippen MR) is 100 cm³/mol. The molecule has 0 fully saturated rings. The lowest BCUT2D eigenvalue weighted by Gasteiger charge is -2.08. The molecule has 1 aromatic heterocycles. The van der Waals surface area contributed by atoms with Crippen molar-refractivity contribution in [2.45, 2.75) is 0 Å². The van der Waals surface area contributed by atoms with Crippen LogP contribution in [0.1, 0.15) is 10.5 Å². The second-order valence-corrected chi connectivity index (χ2v) is 6.29. The van der Waals surface area contributed by atoms with Gasteiger partial charge in [0.2, 0.25) is 5.91 Å². The first kappa shape index (κ1) is 17.3. The van der Waals surface area contributed by atoms with Gasteiger partial charge in [-0.1, -0.05) is 41.4 Å². The molecule has 0 radical (unpaired) electrons. The molecule has 0 spiro atoms. The van der Waals surface area contributed by atoms with Crippen molar-refractivity contribution in [3.63, 3.8) is 0 Å². The molecule has 0 saturated carbocycles. The number of halogens is 2. The maximum atomic E-state index is 12.4. The SMILES string of the molecule is Cn1c(C(=O)NCC(=O)Nc2ccc(Cl)cc2)c(Cl)c2ccccc21. The second-order valence-electron chi connectivity index (χ2n) is 5.48. The van der Waals surface area contributed by atoms with E-state index in [9.17, 15) is 9.59 Å². The van der Waals surface area contributed by atoms with Crippen molar-refractivity contribution in [1.82, 2.24) is 9.88 Å². The number of hydrogen-bond acceptors (Lipinski definition) is 2. The van der Waals surface area contributed by atoms with E-state index in [0.717, 1.165) is 10.9 Å². The number of anilines is 1. The highest BCUT2D eigenvalue weighted by Crippen LogP contribution is 2.29. The Morgan fingerprint density at radius 3 is 2.40 bits per heavy atom. The van der Waals surface area contributed by atoms with Crippen molar-refractivity contribution < 1.29 is 9.59 Å². The van der Waals surface area contributed by atoms with Crippen LogP contribution in [-0.2, 0) is 11.8 Å². The third kappa shape index (κ3) is 3.62. The number of aryl methyl sites for hydroxylation is 1.